The molecule has 2 aromatic carbocycles. The lowest BCUT2D eigenvalue weighted by Gasteiger charge is -2.22. The minimum absolute atomic E-state index is 0.0263. The highest BCUT2D eigenvalue weighted by molar-refractivity contribution is 5.94. The van der Waals surface area contributed by atoms with Crippen LogP contribution in [0.15, 0.2) is 48.9 Å². The number of alkyl halides is 3. The third kappa shape index (κ3) is 9.92. The van der Waals surface area contributed by atoms with Crippen LogP contribution >= 0.6 is 0 Å². The van der Waals surface area contributed by atoms with E-state index in [-0.39, 0.29) is 35.5 Å². The van der Waals surface area contributed by atoms with Crippen LogP contribution in [-0.4, -0.2) is 70.4 Å². The van der Waals surface area contributed by atoms with Gasteiger partial charge >= 0.3 is 6.18 Å². The van der Waals surface area contributed by atoms with E-state index in [1.165, 1.54) is 12.1 Å². The number of rotatable bonds is 8. The lowest BCUT2D eigenvalue weighted by molar-refractivity contribution is -0.138. The molecule has 0 unspecified atom stereocenters. The predicted molar refractivity (Wildman–Crippen MR) is 168 cm³/mol. The molecule has 2 N–H and O–H groups in total. The van der Waals surface area contributed by atoms with E-state index in [4.69, 9.17) is 0 Å². The minimum atomic E-state index is -4.48. The van der Waals surface area contributed by atoms with E-state index in [9.17, 15) is 22.8 Å². The fourth-order valence-electron chi connectivity index (χ4n) is 4.92. The Labute approximate surface area is 258 Å². The Morgan fingerprint density at radius 3 is 2.32 bits per heavy atom. The summed E-state index contributed by atoms with van der Waals surface area (Å²) in [5.74, 6) is -0.487. The van der Waals surface area contributed by atoms with Gasteiger partial charge in [0.25, 0.3) is 5.91 Å². The fourth-order valence-corrected chi connectivity index (χ4v) is 4.92. The van der Waals surface area contributed by atoms with E-state index in [0.29, 0.717) is 6.04 Å². The van der Waals surface area contributed by atoms with Gasteiger partial charge in [0, 0.05) is 60.8 Å². The molecule has 3 aromatic rings. The number of likely N-dealkylation sites (tertiary alicyclic amines) is 1. The zero-order valence-electron chi connectivity index (χ0n) is 26.9. The summed E-state index contributed by atoms with van der Waals surface area (Å²) in [4.78, 5) is 32.1. The Kier molecular flexibility index (Phi) is 11.7. The van der Waals surface area contributed by atoms with Crippen LogP contribution in [0.25, 0.3) is 5.69 Å². The highest BCUT2D eigenvalue weighted by atomic mass is 19.4. The summed E-state index contributed by atoms with van der Waals surface area (Å²) >= 11 is 0. The second-order valence-electron chi connectivity index (χ2n) is 12.3. The van der Waals surface area contributed by atoms with Gasteiger partial charge in [-0.1, -0.05) is 19.9 Å². The first-order valence-corrected chi connectivity index (χ1v) is 14.9. The summed E-state index contributed by atoms with van der Waals surface area (Å²) in [6.07, 6.45) is 0.203. The molecule has 1 saturated heterocycles. The van der Waals surface area contributed by atoms with Crippen molar-refractivity contribution in [2.75, 3.05) is 32.5 Å². The molecule has 2 heterocycles. The van der Waals surface area contributed by atoms with Gasteiger partial charge in [0.05, 0.1) is 17.6 Å². The summed E-state index contributed by atoms with van der Waals surface area (Å²) in [5, 5.41) is 5.55. The van der Waals surface area contributed by atoms with Gasteiger partial charge in [-0.3, -0.25) is 14.5 Å². The standard InChI is InChI=1S/C18H26F3N3O.C15H19N3O/c1-12(2)22-17(25)13-5-6-14(16(9-13)18(19,20)21)10-24-8-7-15(11-24)23(3)4;1-10(2)15(19)17-13-5-11(3)6-14(7-13)18-8-12(4)16-9-18/h5-6,9,12,15H,7-8,10-11H2,1-4H3,(H,22,25);5-10H,1-4H3,(H,17,19)/t15-;/m0./s1. The van der Waals surface area contributed by atoms with Crippen molar-refractivity contribution in [3.8, 4) is 5.69 Å². The molecule has 0 aliphatic carbocycles. The minimum Gasteiger partial charge on any atom is -0.350 e. The van der Waals surface area contributed by atoms with Crippen molar-refractivity contribution in [2.24, 2.45) is 5.92 Å². The normalized spacial score (nSPS) is 15.5. The number of aromatic nitrogens is 2. The maximum absolute atomic E-state index is 13.5. The zero-order chi connectivity index (χ0) is 32.8. The lowest BCUT2D eigenvalue weighted by Crippen LogP contribution is -2.32. The summed E-state index contributed by atoms with van der Waals surface area (Å²) < 4.78 is 42.4. The number of benzene rings is 2. The number of hydrogen-bond donors (Lipinski definition) is 2. The lowest BCUT2D eigenvalue weighted by atomic mass is 10.0. The third-order valence-corrected chi connectivity index (χ3v) is 7.33. The molecule has 2 amide bonds. The van der Waals surface area contributed by atoms with Gasteiger partial charge in [0.2, 0.25) is 5.91 Å². The second kappa shape index (κ2) is 14.9. The second-order valence-corrected chi connectivity index (χ2v) is 12.3. The molecule has 1 aliphatic rings. The van der Waals surface area contributed by atoms with E-state index in [2.05, 4.69) is 26.6 Å². The van der Waals surface area contributed by atoms with Crippen LogP contribution in [0.5, 0.6) is 0 Å². The van der Waals surface area contributed by atoms with Crippen molar-refractivity contribution in [3.63, 3.8) is 0 Å². The molecule has 240 valence electrons. The smallest absolute Gasteiger partial charge is 0.350 e. The van der Waals surface area contributed by atoms with Crippen LogP contribution in [0.3, 0.4) is 0 Å². The first-order valence-electron chi connectivity index (χ1n) is 14.9. The van der Waals surface area contributed by atoms with Crippen molar-refractivity contribution in [3.05, 3.63) is 76.9 Å². The number of likely N-dealkylation sites (N-methyl/N-ethyl adjacent to an activating group) is 1. The van der Waals surface area contributed by atoms with Gasteiger partial charge in [-0.2, -0.15) is 13.2 Å². The van der Waals surface area contributed by atoms with E-state index < -0.39 is 17.6 Å². The molecule has 0 bridgehead atoms. The molecule has 0 spiro atoms. The van der Waals surface area contributed by atoms with E-state index in [0.717, 1.165) is 48.2 Å². The molecular weight excluding hydrogens is 569 g/mol. The number of halogens is 3. The van der Waals surface area contributed by atoms with Gasteiger partial charge < -0.3 is 20.1 Å². The molecule has 8 nitrogen and oxygen atoms in total. The van der Waals surface area contributed by atoms with Crippen LogP contribution in [0.2, 0.25) is 0 Å². The molecule has 0 radical (unpaired) electrons. The van der Waals surface area contributed by atoms with Crippen molar-refractivity contribution >= 4 is 17.5 Å². The largest absolute Gasteiger partial charge is 0.416 e. The molecule has 1 aliphatic heterocycles. The van der Waals surface area contributed by atoms with E-state index in [1.807, 2.05) is 69.6 Å². The SMILES string of the molecule is CC(C)NC(=O)c1ccc(CN2CC[C@H](N(C)C)C2)c(C(F)(F)F)c1.Cc1cc(NC(=O)C(C)C)cc(-n2cnc(C)c2)c1. The Morgan fingerprint density at radius 1 is 1.07 bits per heavy atom. The average molecular weight is 615 g/mol. The number of nitrogens with one attached hydrogen (secondary N) is 2. The van der Waals surface area contributed by atoms with Crippen LogP contribution in [0, 0.1) is 19.8 Å². The molecule has 1 fully saturated rings. The Balaban J connectivity index is 0.000000249. The van der Waals surface area contributed by atoms with Gasteiger partial charge in [-0.15, -0.1) is 0 Å². The maximum Gasteiger partial charge on any atom is 0.416 e. The average Bonchev–Trinajstić information content (AvgIpc) is 3.57. The van der Waals surface area contributed by atoms with Gasteiger partial charge in [0.1, 0.15) is 0 Å². The number of anilines is 1. The van der Waals surface area contributed by atoms with Gasteiger partial charge in [0.15, 0.2) is 0 Å². The van der Waals surface area contributed by atoms with Crippen molar-refractivity contribution in [2.45, 2.75) is 72.8 Å². The van der Waals surface area contributed by atoms with Gasteiger partial charge in [-0.05, 0) is 89.7 Å². The highest BCUT2D eigenvalue weighted by Crippen LogP contribution is 2.34. The number of carbonyl (C=O) groups is 2. The number of carbonyl (C=O) groups excluding carboxylic acids is 2. The first kappa shape index (κ1) is 34.8. The Morgan fingerprint density at radius 2 is 1.77 bits per heavy atom. The summed E-state index contributed by atoms with van der Waals surface area (Å²) in [6.45, 7) is 13.0. The zero-order valence-corrected chi connectivity index (χ0v) is 26.9. The number of amides is 2. The van der Waals surface area contributed by atoms with Crippen LogP contribution < -0.4 is 10.6 Å². The van der Waals surface area contributed by atoms with Gasteiger partial charge in [-0.25, -0.2) is 4.98 Å². The third-order valence-electron chi connectivity index (χ3n) is 7.33. The summed E-state index contributed by atoms with van der Waals surface area (Å²) in [7, 11) is 3.97. The molecular formula is C33H45F3N6O2. The maximum atomic E-state index is 13.5. The number of imidazole rings is 1. The van der Waals surface area contributed by atoms with Crippen molar-refractivity contribution in [1.82, 2.24) is 24.7 Å². The van der Waals surface area contributed by atoms with Crippen molar-refractivity contribution in [1.29, 1.82) is 0 Å². The van der Waals surface area contributed by atoms with Crippen LogP contribution in [0.4, 0.5) is 18.9 Å². The van der Waals surface area contributed by atoms with E-state index in [1.54, 1.807) is 20.2 Å². The summed E-state index contributed by atoms with van der Waals surface area (Å²) in [5.41, 5.74) is 3.42. The quantitative estimate of drug-likeness (QED) is 0.322. The number of nitrogens with zero attached hydrogens (tertiary/aromatic N) is 4. The first-order chi connectivity index (χ1) is 20.5. The fraction of sp³-hybridized carbons (Fsp3) is 0.485. The molecule has 0 saturated carbocycles. The molecule has 1 atom stereocenters. The topological polar surface area (TPSA) is 82.5 Å². The van der Waals surface area contributed by atoms with Crippen LogP contribution in [0.1, 0.15) is 66.9 Å². The number of aryl methyl sites for hydroxylation is 2. The Bertz CT molecular complexity index is 1430. The number of hydrogen-bond acceptors (Lipinski definition) is 5. The van der Waals surface area contributed by atoms with Crippen molar-refractivity contribution < 1.29 is 22.8 Å². The molecule has 1 aromatic heterocycles. The molecule has 11 heteroatoms. The molecule has 44 heavy (non-hydrogen) atoms. The Hall–Kier alpha value is -3.70. The monoisotopic (exact) mass is 614 g/mol. The van der Waals surface area contributed by atoms with Crippen LogP contribution in [-0.2, 0) is 17.5 Å². The predicted octanol–water partition coefficient (Wildman–Crippen LogP) is 6.06. The molecule has 4 rings (SSSR count). The summed E-state index contributed by atoms with van der Waals surface area (Å²) in [6, 6.07) is 10.1. The van der Waals surface area contributed by atoms with E-state index >= 15 is 0 Å². The highest BCUT2D eigenvalue weighted by Gasteiger charge is 2.35.